The lowest BCUT2D eigenvalue weighted by atomic mass is 10.4. The monoisotopic (exact) mass is 293 g/mol. The third-order valence-corrected chi connectivity index (χ3v) is 3.94. The van der Waals surface area contributed by atoms with Crippen molar-refractivity contribution in [3.8, 4) is 0 Å². The summed E-state index contributed by atoms with van der Waals surface area (Å²) in [7, 11) is -3.65. The van der Waals surface area contributed by atoms with Gasteiger partial charge in [0.2, 0.25) is 10.0 Å². The number of sulfonamides is 1. The van der Waals surface area contributed by atoms with Crippen LogP contribution in [0.3, 0.4) is 0 Å². The smallest absolute Gasteiger partial charge is 0.244 e. The highest BCUT2D eigenvalue weighted by atomic mass is 32.2. The quantitative estimate of drug-likeness (QED) is 0.817. The van der Waals surface area contributed by atoms with Crippen LogP contribution >= 0.6 is 0 Å². The molecule has 2 N–H and O–H groups in total. The molecule has 0 aliphatic heterocycles. The molecule has 0 saturated heterocycles. The fourth-order valence-corrected chi connectivity index (χ4v) is 2.73. The van der Waals surface area contributed by atoms with Gasteiger partial charge in [-0.3, -0.25) is 4.98 Å². The van der Waals surface area contributed by atoms with E-state index < -0.39 is 10.0 Å². The lowest BCUT2D eigenvalue weighted by Crippen LogP contribution is -2.25. The Balaban J connectivity index is 2.18. The number of aromatic nitrogens is 3. The first-order chi connectivity index (χ1) is 9.63. The maximum atomic E-state index is 12.3. The molecule has 0 aliphatic carbocycles. The van der Waals surface area contributed by atoms with E-state index in [9.17, 15) is 8.42 Å². The zero-order chi connectivity index (χ0) is 14.4. The van der Waals surface area contributed by atoms with Crippen LogP contribution in [0, 0.1) is 0 Å². The predicted molar refractivity (Wildman–Crippen MR) is 74.5 cm³/mol. The van der Waals surface area contributed by atoms with E-state index in [0.717, 1.165) is 0 Å². The second-order valence-electron chi connectivity index (χ2n) is 3.94. The molecule has 0 aliphatic rings. The van der Waals surface area contributed by atoms with Crippen LogP contribution in [0.5, 0.6) is 0 Å². The summed E-state index contributed by atoms with van der Waals surface area (Å²) in [5.74, 6) is 0. The topological polar surface area (TPSA) is 96.9 Å². The Kier molecular flexibility index (Phi) is 4.59. The number of hydrogen-bond donors (Lipinski definition) is 2. The number of rotatable bonds is 6. The number of nitrogens with one attached hydrogen (secondary N) is 2. The van der Waals surface area contributed by atoms with Gasteiger partial charge >= 0.3 is 0 Å². The van der Waals surface area contributed by atoms with E-state index >= 15 is 0 Å². The zero-order valence-corrected chi connectivity index (χ0v) is 11.8. The first kappa shape index (κ1) is 14.4. The van der Waals surface area contributed by atoms with Gasteiger partial charge < -0.3 is 5.32 Å². The van der Waals surface area contributed by atoms with Gasteiger partial charge in [-0.15, -0.1) is 0 Å². The highest BCUT2D eigenvalue weighted by molar-refractivity contribution is 7.89. The molecule has 0 amide bonds. The van der Waals surface area contributed by atoms with Crippen molar-refractivity contribution in [1.82, 2.24) is 19.9 Å². The van der Waals surface area contributed by atoms with Crippen molar-refractivity contribution in [2.75, 3.05) is 11.9 Å². The molecule has 0 spiro atoms. The summed E-state index contributed by atoms with van der Waals surface area (Å²) in [6, 6.07) is 5.02. The average Bonchev–Trinajstić information content (AvgIpc) is 2.47. The highest BCUT2D eigenvalue weighted by Crippen LogP contribution is 2.19. The molecule has 106 valence electrons. The molecule has 2 rings (SSSR count). The molecule has 0 aromatic carbocycles. The first-order valence-corrected chi connectivity index (χ1v) is 7.56. The molecule has 2 heterocycles. The minimum Gasteiger partial charge on any atom is -0.384 e. The standard InChI is InChI=1S/C12H15N5O2S/c1-2-14-11-5-7-13-9-12(11)20(18,19)16-8-10-4-3-6-15-17-10/h3-7,9,16H,2,8H2,1H3,(H,13,14). The van der Waals surface area contributed by atoms with E-state index in [4.69, 9.17) is 0 Å². The number of nitrogens with zero attached hydrogens (tertiary/aromatic N) is 3. The Hall–Kier alpha value is -2.06. The van der Waals surface area contributed by atoms with Gasteiger partial charge in [-0.25, -0.2) is 13.1 Å². The lowest BCUT2D eigenvalue weighted by Gasteiger charge is -2.11. The van der Waals surface area contributed by atoms with Gasteiger partial charge in [0.25, 0.3) is 0 Å². The summed E-state index contributed by atoms with van der Waals surface area (Å²) >= 11 is 0. The summed E-state index contributed by atoms with van der Waals surface area (Å²) in [6.45, 7) is 2.59. The molecule has 0 saturated carbocycles. The van der Waals surface area contributed by atoms with Crippen LogP contribution in [0.2, 0.25) is 0 Å². The van der Waals surface area contributed by atoms with Gasteiger partial charge in [-0.2, -0.15) is 10.2 Å². The molecule has 0 unspecified atom stereocenters. The van der Waals surface area contributed by atoms with Crippen LogP contribution in [-0.4, -0.2) is 30.1 Å². The fourth-order valence-electron chi connectivity index (χ4n) is 1.61. The number of hydrogen-bond acceptors (Lipinski definition) is 6. The molecular weight excluding hydrogens is 278 g/mol. The van der Waals surface area contributed by atoms with Crippen molar-refractivity contribution in [3.63, 3.8) is 0 Å². The van der Waals surface area contributed by atoms with E-state index in [0.29, 0.717) is 17.9 Å². The van der Waals surface area contributed by atoms with Gasteiger partial charge in [-0.1, -0.05) is 0 Å². The lowest BCUT2D eigenvalue weighted by molar-refractivity contribution is 0.580. The summed E-state index contributed by atoms with van der Waals surface area (Å²) in [6.07, 6.45) is 4.39. The van der Waals surface area contributed by atoms with Crippen molar-refractivity contribution < 1.29 is 8.42 Å². The third kappa shape index (κ3) is 3.49. The van der Waals surface area contributed by atoms with Gasteiger partial charge in [-0.05, 0) is 25.1 Å². The normalized spacial score (nSPS) is 11.2. The first-order valence-electron chi connectivity index (χ1n) is 6.07. The molecule has 8 heteroatoms. The fraction of sp³-hybridized carbons (Fsp3) is 0.250. The summed E-state index contributed by atoms with van der Waals surface area (Å²) < 4.78 is 27.0. The van der Waals surface area contributed by atoms with Gasteiger partial charge in [0.05, 0.1) is 17.9 Å². The Morgan fingerprint density at radius 1 is 1.25 bits per heavy atom. The van der Waals surface area contributed by atoms with Crippen LogP contribution in [0.1, 0.15) is 12.6 Å². The minimum atomic E-state index is -3.65. The highest BCUT2D eigenvalue weighted by Gasteiger charge is 2.18. The molecule has 7 nitrogen and oxygen atoms in total. The Morgan fingerprint density at radius 2 is 2.10 bits per heavy atom. The SMILES string of the molecule is CCNc1ccncc1S(=O)(=O)NCc1cccnn1. The van der Waals surface area contributed by atoms with Gasteiger partial charge in [0.1, 0.15) is 4.90 Å². The van der Waals surface area contributed by atoms with Crippen molar-refractivity contribution in [2.24, 2.45) is 0 Å². The summed E-state index contributed by atoms with van der Waals surface area (Å²) in [4.78, 5) is 3.98. The van der Waals surface area contributed by atoms with E-state index in [-0.39, 0.29) is 11.4 Å². The number of pyridine rings is 1. The van der Waals surface area contributed by atoms with Crippen molar-refractivity contribution in [3.05, 3.63) is 42.5 Å². The molecule has 0 radical (unpaired) electrons. The predicted octanol–water partition coefficient (Wildman–Crippen LogP) is 0.782. The van der Waals surface area contributed by atoms with E-state index in [1.165, 1.54) is 12.4 Å². The van der Waals surface area contributed by atoms with E-state index in [1.54, 1.807) is 24.4 Å². The van der Waals surface area contributed by atoms with Crippen molar-refractivity contribution in [1.29, 1.82) is 0 Å². The third-order valence-electron chi connectivity index (χ3n) is 2.51. The molecule has 0 bridgehead atoms. The molecule has 20 heavy (non-hydrogen) atoms. The van der Waals surface area contributed by atoms with Crippen LogP contribution in [0.4, 0.5) is 5.69 Å². The molecule has 2 aromatic heterocycles. The Bertz CT molecular complexity index is 661. The molecule has 0 atom stereocenters. The second kappa shape index (κ2) is 6.40. The van der Waals surface area contributed by atoms with Crippen molar-refractivity contribution >= 4 is 15.7 Å². The van der Waals surface area contributed by atoms with Crippen LogP contribution in [0.15, 0.2) is 41.7 Å². The average molecular weight is 293 g/mol. The maximum absolute atomic E-state index is 12.3. The van der Waals surface area contributed by atoms with E-state index in [1.807, 2.05) is 6.92 Å². The maximum Gasteiger partial charge on any atom is 0.244 e. The molecular formula is C12H15N5O2S. The van der Waals surface area contributed by atoms with Gasteiger partial charge in [0.15, 0.2) is 0 Å². The van der Waals surface area contributed by atoms with E-state index in [2.05, 4.69) is 25.2 Å². The van der Waals surface area contributed by atoms with Crippen molar-refractivity contribution in [2.45, 2.75) is 18.4 Å². The van der Waals surface area contributed by atoms with Crippen LogP contribution < -0.4 is 10.0 Å². The van der Waals surface area contributed by atoms with Crippen LogP contribution in [-0.2, 0) is 16.6 Å². The zero-order valence-electron chi connectivity index (χ0n) is 10.9. The van der Waals surface area contributed by atoms with Gasteiger partial charge in [0, 0.05) is 25.1 Å². The molecule has 2 aromatic rings. The minimum absolute atomic E-state index is 0.0800. The second-order valence-corrected chi connectivity index (χ2v) is 5.68. The van der Waals surface area contributed by atoms with Crippen LogP contribution in [0.25, 0.3) is 0 Å². The molecule has 0 fully saturated rings. The Morgan fingerprint density at radius 3 is 2.80 bits per heavy atom. The Labute approximate surface area is 117 Å². The number of anilines is 1. The summed E-state index contributed by atoms with van der Waals surface area (Å²) in [5.41, 5.74) is 1.07. The summed E-state index contributed by atoms with van der Waals surface area (Å²) in [5, 5.41) is 10.5. The largest absolute Gasteiger partial charge is 0.384 e.